The normalized spacial score (nSPS) is 12.3. The lowest BCUT2D eigenvalue weighted by Gasteiger charge is -2.09. The number of carboxylic acid groups (broad SMARTS) is 1. The SMILES string of the molecule is CC(Nc1scnc1C(=O)O)c1nn[nH]n1. The molecule has 0 spiro atoms. The Morgan fingerprint density at radius 1 is 1.69 bits per heavy atom. The van der Waals surface area contributed by atoms with Crippen LogP contribution in [-0.4, -0.2) is 36.7 Å². The number of carbonyl (C=O) groups is 1. The molecule has 0 bridgehead atoms. The summed E-state index contributed by atoms with van der Waals surface area (Å²) in [6.07, 6.45) is 0. The van der Waals surface area contributed by atoms with Crippen LogP contribution in [0.1, 0.15) is 29.3 Å². The summed E-state index contributed by atoms with van der Waals surface area (Å²) in [4.78, 5) is 14.5. The molecule has 2 rings (SSSR count). The molecule has 16 heavy (non-hydrogen) atoms. The highest BCUT2D eigenvalue weighted by molar-refractivity contribution is 7.14. The molecule has 1 unspecified atom stereocenters. The standard InChI is InChI=1S/C7H8N6O2S/c1-3(5-10-12-13-11-5)9-6-4(7(14)15)8-2-16-6/h2-3,9H,1H3,(H,14,15)(H,10,11,12,13). The average molecular weight is 240 g/mol. The lowest BCUT2D eigenvalue weighted by molar-refractivity contribution is 0.0692. The molecule has 0 aromatic carbocycles. The molecule has 0 fully saturated rings. The van der Waals surface area contributed by atoms with Crippen LogP contribution >= 0.6 is 11.3 Å². The third-order valence-electron chi connectivity index (χ3n) is 1.87. The molecule has 0 aliphatic rings. The third kappa shape index (κ3) is 1.98. The number of aromatic nitrogens is 5. The van der Waals surface area contributed by atoms with Gasteiger partial charge in [0.15, 0.2) is 11.5 Å². The molecule has 9 heteroatoms. The van der Waals surface area contributed by atoms with Crippen molar-refractivity contribution >= 4 is 22.3 Å². The van der Waals surface area contributed by atoms with Gasteiger partial charge in [-0.15, -0.1) is 21.5 Å². The van der Waals surface area contributed by atoms with E-state index in [0.717, 1.165) is 0 Å². The van der Waals surface area contributed by atoms with Crippen LogP contribution in [0.15, 0.2) is 5.51 Å². The van der Waals surface area contributed by atoms with E-state index in [4.69, 9.17) is 5.11 Å². The summed E-state index contributed by atoms with van der Waals surface area (Å²) in [7, 11) is 0. The molecular formula is C7H8N6O2S. The predicted octanol–water partition coefficient (Wildman–Crippen LogP) is 0.528. The number of hydrogen-bond acceptors (Lipinski definition) is 7. The van der Waals surface area contributed by atoms with E-state index in [9.17, 15) is 4.79 Å². The monoisotopic (exact) mass is 240 g/mol. The Labute approximate surface area is 93.7 Å². The van der Waals surface area contributed by atoms with Gasteiger partial charge in [-0.25, -0.2) is 9.78 Å². The van der Waals surface area contributed by atoms with Crippen LogP contribution in [0.4, 0.5) is 5.00 Å². The Kier molecular flexibility index (Phi) is 2.77. The van der Waals surface area contributed by atoms with Crippen LogP contribution in [-0.2, 0) is 0 Å². The van der Waals surface area contributed by atoms with E-state index in [1.165, 1.54) is 16.8 Å². The minimum atomic E-state index is -1.07. The molecule has 2 aromatic heterocycles. The second-order valence-corrected chi connectivity index (χ2v) is 3.83. The van der Waals surface area contributed by atoms with E-state index in [1.54, 1.807) is 6.92 Å². The number of nitrogens with zero attached hydrogens (tertiary/aromatic N) is 4. The van der Waals surface area contributed by atoms with Gasteiger partial charge in [0.2, 0.25) is 0 Å². The van der Waals surface area contributed by atoms with Crippen molar-refractivity contribution < 1.29 is 9.90 Å². The van der Waals surface area contributed by atoms with Crippen LogP contribution in [0.5, 0.6) is 0 Å². The van der Waals surface area contributed by atoms with Crippen molar-refractivity contribution in [2.75, 3.05) is 5.32 Å². The van der Waals surface area contributed by atoms with Gasteiger partial charge in [0.05, 0.1) is 11.6 Å². The smallest absolute Gasteiger partial charge is 0.357 e. The zero-order chi connectivity index (χ0) is 11.5. The second kappa shape index (κ2) is 4.23. The number of thiazole rings is 1. The highest BCUT2D eigenvalue weighted by Crippen LogP contribution is 2.24. The predicted molar refractivity (Wildman–Crippen MR) is 55.3 cm³/mol. The van der Waals surface area contributed by atoms with Crippen molar-refractivity contribution in [1.82, 2.24) is 25.6 Å². The number of anilines is 1. The Balaban J connectivity index is 2.15. The molecule has 84 valence electrons. The molecule has 0 aliphatic heterocycles. The first-order chi connectivity index (χ1) is 7.68. The van der Waals surface area contributed by atoms with Gasteiger partial charge in [0, 0.05) is 0 Å². The number of aromatic carboxylic acids is 1. The van der Waals surface area contributed by atoms with Crippen molar-refractivity contribution in [3.8, 4) is 0 Å². The van der Waals surface area contributed by atoms with Gasteiger partial charge < -0.3 is 10.4 Å². The summed E-state index contributed by atoms with van der Waals surface area (Å²) in [5, 5.41) is 25.6. The van der Waals surface area contributed by atoms with Gasteiger partial charge in [-0.2, -0.15) is 5.21 Å². The first-order valence-corrected chi connectivity index (χ1v) is 5.23. The van der Waals surface area contributed by atoms with Crippen LogP contribution in [0.25, 0.3) is 0 Å². The van der Waals surface area contributed by atoms with Crippen LogP contribution in [0.2, 0.25) is 0 Å². The first-order valence-electron chi connectivity index (χ1n) is 4.35. The maximum atomic E-state index is 10.8. The van der Waals surface area contributed by atoms with Gasteiger partial charge >= 0.3 is 5.97 Å². The number of carboxylic acids is 1. The van der Waals surface area contributed by atoms with Gasteiger partial charge in [0.1, 0.15) is 5.00 Å². The van der Waals surface area contributed by atoms with Crippen LogP contribution in [0.3, 0.4) is 0 Å². The lowest BCUT2D eigenvalue weighted by atomic mass is 10.3. The topological polar surface area (TPSA) is 117 Å². The highest BCUT2D eigenvalue weighted by atomic mass is 32.1. The quantitative estimate of drug-likeness (QED) is 0.713. The molecule has 1 atom stereocenters. The Morgan fingerprint density at radius 2 is 2.50 bits per heavy atom. The Hall–Kier alpha value is -2.03. The minimum Gasteiger partial charge on any atom is -0.476 e. The molecule has 0 radical (unpaired) electrons. The maximum absolute atomic E-state index is 10.8. The fourth-order valence-corrected chi connectivity index (χ4v) is 1.88. The summed E-state index contributed by atoms with van der Waals surface area (Å²) in [6, 6.07) is -0.239. The number of tetrazole rings is 1. The van der Waals surface area contributed by atoms with E-state index in [1.807, 2.05) is 0 Å². The summed E-state index contributed by atoms with van der Waals surface area (Å²) in [6.45, 7) is 1.80. The van der Waals surface area contributed by atoms with E-state index in [-0.39, 0.29) is 11.7 Å². The summed E-state index contributed by atoms with van der Waals surface area (Å²) in [5.41, 5.74) is 1.47. The number of hydrogen-bond donors (Lipinski definition) is 3. The summed E-state index contributed by atoms with van der Waals surface area (Å²) in [5.74, 6) is -0.603. The number of H-pyrrole nitrogens is 1. The Morgan fingerprint density at radius 3 is 3.12 bits per heavy atom. The van der Waals surface area contributed by atoms with Crippen molar-refractivity contribution in [3.05, 3.63) is 17.0 Å². The average Bonchev–Trinajstić information content (AvgIpc) is 2.86. The van der Waals surface area contributed by atoms with Gasteiger partial charge in [0.25, 0.3) is 0 Å². The van der Waals surface area contributed by atoms with E-state index < -0.39 is 5.97 Å². The number of rotatable bonds is 4. The highest BCUT2D eigenvalue weighted by Gasteiger charge is 2.17. The van der Waals surface area contributed by atoms with Crippen molar-refractivity contribution in [2.45, 2.75) is 13.0 Å². The zero-order valence-electron chi connectivity index (χ0n) is 8.21. The van der Waals surface area contributed by atoms with Gasteiger partial charge in [-0.3, -0.25) is 0 Å². The first kappa shape index (κ1) is 10.5. The molecule has 3 N–H and O–H groups in total. The van der Waals surface area contributed by atoms with Crippen molar-refractivity contribution in [1.29, 1.82) is 0 Å². The van der Waals surface area contributed by atoms with Crippen molar-refractivity contribution in [2.24, 2.45) is 0 Å². The number of nitrogens with one attached hydrogen (secondary N) is 2. The largest absolute Gasteiger partial charge is 0.476 e. The molecule has 8 nitrogen and oxygen atoms in total. The molecule has 0 amide bonds. The minimum absolute atomic E-state index is 0.000319. The molecule has 2 heterocycles. The van der Waals surface area contributed by atoms with Gasteiger partial charge in [-0.05, 0) is 6.92 Å². The number of aromatic amines is 1. The summed E-state index contributed by atoms with van der Waals surface area (Å²) >= 11 is 1.21. The van der Waals surface area contributed by atoms with Gasteiger partial charge in [-0.1, -0.05) is 5.21 Å². The van der Waals surface area contributed by atoms with E-state index >= 15 is 0 Å². The molecule has 0 saturated heterocycles. The molecular weight excluding hydrogens is 232 g/mol. The maximum Gasteiger partial charge on any atom is 0.357 e. The zero-order valence-corrected chi connectivity index (χ0v) is 9.02. The van der Waals surface area contributed by atoms with E-state index in [0.29, 0.717) is 10.8 Å². The second-order valence-electron chi connectivity index (χ2n) is 2.97. The fourth-order valence-electron chi connectivity index (χ4n) is 1.12. The van der Waals surface area contributed by atoms with E-state index in [2.05, 4.69) is 30.9 Å². The summed E-state index contributed by atoms with van der Waals surface area (Å²) < 4.78 is 0. The molecule has 2 aromatic rings. The third-order valence-corrected chi connectivity index (χ3v) is 2.62. The lowest BCUT2D eigenvalue weighted by Crippen LogP contribution is -2.10. The fraction of sp³-hybridized carbons (Fsp3) is 0.286. The van der Waals surface area contributed by atoms with Crippen molar-refractivity contribution in [3.63, 3.8) is 0 Å². The Bertz CT molecular complexity index is 481. The molecule has 0 aliphatic carbocycles. The molecule has 0 saturated carbocycles. The van der Waals surface area contributed by atoms with Crippen LogP contribution < -0.4 is 5.32 Å². The van der Waals surface area contributed by atoms with Crippen LogP contribution in [0, 0.1) is 0 Å².